The molecule has 1 amide bonds. The van der Waals surface area contributed by atoms with E-state index in [-0.39, 0.29) is 5.91 Å². The van der Waals surface area contributed by atoms with Crippen LogP contribution in [0.4, 0.5) is 0 Å². The minimum atomic E-state index is -0.524. The van der Waals surface area contributed by atoms with Gasteiger partial charge in [0.25, 0.3) is 5.91 Å². The van der Waals surface area contributed by atoms with Gasteiger partial charge in [0, 0.05) is 6.54 Å². The number of rotatable bonds is 3. The number of nitrogens with zero attached hydrogens (tertiary/aromatic N) is 1. The van der Waals surface area contributed by atoms with E-state index in [0.29, 0.717) is 11.4 Å². The predicted octanol–water partition coefficient (Wildman–Crippen LogP) is 2.79. The van der Waals surface area contributed by atoms with E-state index in [4.69, 9.17) is 5.26 Å². The van der Waals surface area contributed by atoms with Crippen LogP contribution in [0.2, 0.25) is 0 Å². The molecule has 0 saturated carbocycles. The van der Waals surface area contributed by atoms with E-state index in [1.807, 2.05) is 6.07 Å². The van der Waals surface area contributed by atoms with Crippen LogP contribution in [0.3, 0.4) is 0 Å². The molecule has 80 valence electrons. The Kier molecular flexibility index (Phi) is 3.89. The summed E-state index contributed by atoms with van der Waals surface area (Å²) in [5, 5.41) is 11.5. The molecule has 0 radical (unpaired) electrons. The van der Waals surface area contributed by atoms with Crippen molar-refractivity contribution >= 4 is 33.2 Å². The van der Waals surface area contributed by atoms with E-state index in [2.05, 4.69) is 27.3 Å². The topological polar surface area (TPSA) is 52.9 Å². The summed E-state index contributed by atoms with van der Waals surface area (Å²) in [5.41, 5.74) is -0.524. The fourth-order valence-corrected chi connectivity index (χ4v) is 2.17. The monoisotopic (exact) mass is 286 g/mol. The highest BCUT2D eigenvalue weighted by Crippen LogP contribution is 2.22. The molecule has 5 heteroatoms. The molecule has 0 atom stereocenters. The molecular weight excluding hydrogens is 276 g/mol. The van der Waals surface area contributed by atoms with Crippen molar-refractivity contribution < 1.29 is 4.79 Å². The Labute approximate surface area is 101 Å². The highest BCUT2D eigenvalue weighted by atomic mass is 79.9. The Hall–Kier alpha value is -0.860. The Morgan fingerprint density at radius 1 is 1.67 bits per heavy atom. The summed E-state index contributed by atoms with van der Waals surface area (Å²) in [7, 11) is 0. The summed E-state index contributed by atoms with van der Waals surface area (Å²) >= 11 is 4.67. The van der Waals surface area contributed by atoms with Gasteiger partial charge in [0.05, 0.1) is 20.1 Å². The lowest BCUT2D eigenvalue weighted by Gasteiger charge is -2.15. The second kappa shape index (κ2) is 4.77. The predicted molar refractivity (Wildman–Crippen MR) is 63.7 cm³/mol. The average Bonchev–Trinajstić information content (AvgIpc) is 2.61. The molecule has 1 heterocycles. The Morgan fingerprint density at radius 2 is 2.33 bits per heavy atom. The zero-order chi connectivity index (χ0) is 11.5. The highest BCUT2D eigenvalue weighted by Gasteiger charge is 2.18. The second-order valence-electron chi connectivity index (χ2n) is 3.78. The Bertz CT molecular complexity index is 406. The lowest BCUT2D eigenvalue weighted by molar-refractivity contribution is 0.0948. The first-order valence-corrected chi connectivity index (χ1v) is 6.00. The van der Waals surface area contributed by atoms with Crippen molar-refractivity contribution in [2.24, 2.45) is 5.41 Å². The van der Waals surface area contributed by atoms with Gasteiger partial charge in [-0.05, 0) is 41.9 Å². The molecular formula is C10H11BrN2OS. The molecule has 15 heavy (non-hydrogen) atoms. The SMILES string of the molecule is CC(C)(C#N)CNC(=O)c1ccc(Br)s1. The molecule has 3 nitrogen and oxygen atoms in total. The molecule has 0 aromatic carbocycles. The number of carbonyl (C=O) groups is 1. The molecule has 0 aliphatic rings. The molecule has 0 aliphatic carbocycles. The third kappa shape index (κ3) is 3.65. The molecule has 1 rings (SSSR count). The average molecular weight is 287 g/mol. The van der Waals surface area contributed by atoms with Crippen molar-refractivity contribution in [2.45, 2.75) is 13.8 Å². The summed E-state index contributed by atoms with van der Waals surface area (Å²) < 4.78 is 0.923. The smallest absolute Gasteiger partial charge is 0.261 e. The summed E-state index contributed by atoms with van der Waals surface area (Å²) in [6.07, 6.45) is 0. The summed E-state index contributed by atoms with van der Waals surface area (Å²) in [6, 6.07) is 5.71. The zero-order valence-electron chi connectivity index (χ0n) is 8.50. The summed E-state index contributed by atoms with van der Waals surface area (Å²) in [4.78, 5) is 12.2. The third-order valence-corrected chi connectivity index (χ3v) is 3.41. The maximum absolute atomic E-state index is 11.6. The largest absolute Gasteiger partial charge is 0.350 e. The van der Waals surface area contributed by atoms with E-state index in [0.717, 1.165) is 3.79 Å². The first kappa shape index (κ1) is 12.2. The van der Waals surface area contributed by atoms with Gasteiger partial charge in [-0.15, -0.1) is 11.3 Å². The normalized spacial score (nSPS) is 10.8. The van der Waals surface area contributed by atoms with E-state index in [1.54, 1.807) is 19.9 Å². The van der Waals surface area contributed by atoms with Gasteiger partial charge in [-0.3, -0.25) is 4.79 Å². The molecule has 1 aromatic rings. The second-order valence-corrected chi connectivity index (χ2v) is 6.25. The van der Waals surface area contributed by atoms with Crippen molar-refractivity contribution in [3.05, 3.63) is 20.8 Å². The third-order valence-electron chi connectivity index (χ3n) is 1.79. The van der Waals surface area contributed by atoms with Crippen molar-refractivity contribution in [1.82, 2.24) is 5.32 Å². The summed E-state index contributed by atoms with van der Waals surface area (Å²) in [5.74, 6) is -0.131. The van der Waals surface area contributed by atoms with Crippen LogP contribution in [0.15, 0.2) is 15.9 Å². The van der Waals surface area contributed by atoms with Crippen molar-refractivity contribution in [1.29, 1.82) is 5.26 Å². The van der Waals surface area contributed by atoms with Gasteiger partial charge in [0.2, 0.25) is 0 Å². The number of nitrogens with one attached hydrogen (secondary N) is 1. The first-order valence-electron chi connectivity index (χ1n) is 4.39. The molecule has 1 N–H and O–H groups in total. The molecule has 0 unspecified atom stereocenters. The zero-order valence-corrected chi connectivity index (χ0v) is 10.9. The standard InChI is InChI=1S/C10H11BrN2OS/c1-10(2,5-12)6-13-9(14)7-3-4-8(11)15-7/h3-4H,6H2,1-2H3,(H,13,14). The fraction of sp³-hybridized carbons (Fsp3) is 0.400. The van der Waals surface area contributed by atoms with Gasteiger partial charge in [0.15, 0.2) is 0 Å². The maximum atomic E-state index is 11.6. The van der Waals surface area contributed by atoms with Crippen LogP contribution in [0.25, 0.3) is 0 Å². The highest BCUT2D eigenvalue weighted by molar-refractivity contribution is 9.11. The minimum Gasteiger partial charge on any atom is -0.350 e. The van der Waals surface area contributed by atoms with E-state index in [1.165, 1.54) is 11.3 Å². The first-order chi connectivity index (χ1) is 6.94. The van der Waals surface area contributed by atoms with Crippen molar-refractivity contribution in [2.75, 3.05) is 6.54 Å². The number of amides is 1. The Balaban J connectivity index is 2.55. The minimum absolute atomic E-state index is 0.131. The quantitative estimate of drug-likeness (QED) is 0.929. The van der Waals surface area contributed by atoms with Crippen LogP contribution >= 0.6 is 27.3 Å². The van der Waals surface area contributed by atoms with Gasteiger partial charge in [0.1, 0.15) is 0 Å². The van der Waals surface area contributed by atoms with Crippen LogP contribution in [0.5, 0.6) is 0 Å². The van der Waals surface area contributed by atoms with Gasteiger partial charge in [-0.2, -0.15) is 5.26 Å². The number of nitriles is 1. The van der Waals surface area contributed by atoms with Gasteiger partial charge < -0.3 is 5.32 Å². The van der Waals surface area contributed by atoms with Crippen LogP contribution < -0.4 is 5.32 Å². The lowest BCUT2D eigenvalue weighted by Crippen LogP contribution is -2.32. The number of halogens is 1. The maximum Gasteiger partial charge on any atom is 0.261 e. The molecule has 0 aliphatic heterocycles. The van der Waals surface area contributed by atoms with Crippen molar-refractivity contribution in [3.8, 4) is 6.07 Å². The lowest BCUT2D eigenvalue weighted by atomic mass is 9.96. The molecule has 0 fully saturated rings. The van der Waals surface area contributed by atoms with Crippen LogP contribution in [0, 0.1) is 16.7 Å². The number of hydrogen-bond acceptors (Lipinski definition) is 3. The fourth-order valence-electron chi connectivity index (χ4n) is 0.864. The van der Waals surface area contributed by atoms with Crippen LogP contribution in [0.1, 0.15) is 23.5 Å². The van der Waals surface area contributed by atoms with Crippen molar-refractivity contribution in [3.63, 3.8) is 0 Å². The number of thiophene rings is 1. The van der Waals surface area contributed by atoms with E-state index < -0.39 is 5.41 Å². The van der Waals surface area contributed by atoms with Gasteiger partial charge in [-0.25, -0.2) is 0 Å². The van der Waals surface area contributed by atoms with Crippen LogP contribution in [-0.4, -0.2) is 12.5 Å². The molecule has 0 bridgehead atoms. The Morgan fingerprint density at radius 3 is 2.80 bits per heavy atom. The number of carbonyl (C=O) groups excluding carboxylic acids is 1. The van der Waals surface area contributed by atoms with Gasteiger partial charge in [-0.1, -0.05) is 0 Å². The molecule has 0 saturated heterocycles. The molecule has 0 spiro atoms. The van der Waals surface area contributed by atoms with Gasteiger partial charge >= 0.3 is 0 Å². The van der Waals surface area contributed by atoms with E-state index in [9.17, 15) is 4.79 Å². The van der Waals surface area contributed by atoms with Crippen LogP contribution in [-0.2, 0) is 0 Å². The van der Waals surface area contributed by atoms with E-state index >= 15 is 0 Å². The molecule has 1 aromatic heterocycles. The summed E-state index contributed by atoms with van der Waals surface area (Å²) in [6.45, 7) is 3.94. The number of hydrogen-bond donors (Lipinski definition) is 1.